The van der Waals surface area contributed by atoms with Crippen molar-refractivity contribution in [3.05, 3.63) is 81.8 Å². The van der Waals surface area contributed by atoms with Gasteiger partial charge in [0.1, 0.15) is 17.0 Å². The number of thiazole rings is 1. The van der Waals surface area contributed by atoms with Crippen LogP contribution in [0.5, 0.6) is 0 Å². The lowest BCUT2D eigenvalue weighted by Gasteiger charge is -2.02. The summed E-state index contributed by atoms with van der Waals surface area (Å²) in [7, 11) is 0. The molecule has 128 valence electrons. The third kappa shape index (κ3) is 3.12. The Morgan fingerprint density at radius 2 is 1.96 bits per heavy atom. The van der Waals surface area contributed by atoms with Gasteiger partial charge in [-0.15, -0.1) is 11.3 Å². The molecule has 0 aliphatic heterocycles. The minimum atomic E-state index is -0.719. The fourth-order valence-electron chi connectivity index (χ4n) is 2.50. The van der Waals surface area contributed by atoms with E-state index in [1.807, 2.05) is 0 Å². The van der Waals surface area contributed by atoms with E-state index in [1.165, 1.54) is 29.5 Å². The van der Waals surface area contributed by atoms with Crippen LogP contribution in [0.1, 0.15) is 10.4 Å². The van der Waals surface area contributed by atoms with Gasteiger partial charge < -0.3 is 4.42 Å². The van der Waals surface area contributed by atoms with Gasteiger partial charge in [0.05, 0.1) is 5.69 Å². The first-order valence-electron chi connectivity index (χ1n) is 7.66. The first-order chi connectivity index (χ1) is 12.6. The van der Waals surface area contributed by atoms with Crippen molar-refractivity contribution in [1.29, 1.82) is 0 Å². The van der Waals surface area contributed by atoms with E-state index in [0.29, 0.717) is 27.4 Å². The molecule has 5 nitrogen and oxygen atoms in total. The highest BCUT2D eigenvalue weighted by atomic mass is 32.1. The van der Waals surface area contributed by atoms with E-state index in [-0.39, 0.29) is 11.4 Å². The Kier molecular flexibility index (Phi) is 4.06. The molecular weight excluding hydrogens is 355 g/mol. The van der Waals surface area contributed by atoms with Crippen LogP contribution in [0.2, 0.25) is 0 Å². The Morgan fingerprint density at radius 1 is 1.12 bits per heavy atom. The van der Waals surface area contributed by atoms with Crippen LogP contribution >= 0.6 is 11.3 Å². The van der Waals surface area contributed by atoms with Crippen LogP contribution in [-0.4, -0.2) is 10.9 Å². The molecule has 1 N–H and O–H groups in total. The van der Waals surface area contributed by atoms with Crippen molar-refractivity contribution in [1.82, 2.24) is 4.98 Å². The molecule has 0 radical (unpaired) electrons. The molecule has 26 heavy (non-hydrogen) atoms. The lowest BCUT2D eigenvalue weighted by Crippen LogP contribution is -2.20. The molecule has 0 saturated carbocycles. The molecule has 7 heteroatoms. The van der Waals surface area contributed by atoms with E-state index in [4.69, 9.17) is 4.42 Å². The Morgan fingerprint density at radius 3 is 2.81 bits per heavy atom. The normalized spacial score (nSPS) is 10.8. The van der Waals surface area contributed by atoms with E-state index in [1.54, 1.807) is 41.8 Å². The van der Waals surface area contributed by atoms with Crippen molar-refractivity contribution in [2.45, 2.75) is 0 Å². The lowest BCUT2D eigenvalue weighted by molar-refractivity contribution is 0.102. The molecule has 0 fully saturated rings. The number of hydrogen-bond donors (Lipinski definition) is 1. The summed E-state index contributed by atoms with van der Waals surface area (Å²) in [5.74, 6) is -0.973. The zero-order chi connectivity index (χ0) is 18.1. The van der Waals surface area contributed by atoms with Crippen molar-refractivity contribution in [2.24, 2.45) is 0 Å². The number of nitrogens with zero attached hydrogens (tertiary/aromatic N) is 1. The first kappa shape index (κ1) is 16.2. The van der Waals surface area contributed by atoms with Crippen LogP contribution in [0, 0.1) is 5.82 Å². The predicted octanol–water partition coefficient (Wildman–Crippen LogP) is 4.31. The number of nitrogens with one attached hydrogen (secondary N) is 1. The topological polar surface area (TPSA) is 72.2 Å². The Bertz CT molecular complexity index is 1180. The summed E-state index contributed by atoms with van der Waals surface area (Å²) in [6.07, 6.45) is 0. The number of rotatable bonds is 3. The van der Waals surface area contributed by atoms with Gasteiger partial charge in [-0.05, 0) is 24.3 Å². The van der Waals surface area contributed by atoms with Crippen LogP contribution in [0.4, 0.5) is 9.52 Å². The zero-order valence-electron chi connectivity index (χ0n) is 13.2. The summed E-state index contributed by atoms with van der Waals surface area (Å²) in [6, 6.07) is 14.4. The van der Waals surface area contributed by atoms with Gasteiger partial charge >= 0.3 is 5.63 Å². The number of benzene rings is 2. The van der Waals surface area contributed by atoms with Gasteiger partial charge in [-0.2, -0.15) is 0 Å². The monoisotopic (exact) mass is 366 g/mol. The minimum Gasteiger partial charge on any atom is -0.422 e. The molecule has 2 aromatic heterocycles. The number of para-hydroxylation sites is 1. The smallest absolute Gasteiger partial charge is 0.349 e. The number of carbonyl (C=O) groups is 1. The molecule has 0 aliphatic carbocycles. The summed E-state index contributed by atoms with van der Waals surface area (Å²) < 4.78 is 18.5. The summed E-state index contributed by atoms with van der Waals surface area (Å²) >= 11 is 1.18. The highest BCUT2D eigenvalue weighted by Gasteiger charge is 2.15. The third-order valence-corrected chi connectivity index (χ3v) is 4.49. The minimum absolute atomic E-state index is 0.105. The van der Waals surface area contributed by atoms with E-state index < -0.39 is 11.5 Å². The standard InChI is InChI=1S/C19H11FN2O3S/c20-13-6-3-5-11(8-13)15-10-26-19(21-15)22-17(23)14-9-12-4-1-2-7-16(12)25-18(14)24/h1-10H,(H,21,22,23). The highest BCUT2D eigenvalue weighted by molar-refractivity contribution is 7.14. The maximum atomic E-state index is 13.3. The van der Waals surface area contributed by atoms with E-state index in [2.05, 4.69) is 10.3 Å². The lowest BCUT2D eigenvalue weighted by atomic mass is 10.2. The van der Waals surface area contributed by atoms with E-state index >= 15 is 0 Å². The zero-order valence-corrected chi connectivity index (χ0v) is 14.0. The van der Waals surface area contributed by atoms with E-state index in [0.717, 1.165) is 0 Å². The second-order valence-electron chi connectivity index (χ2n) is 5.49. The van der Waals surface area contributed by atoms with Gasteiger partial charge in [-0.25, -0.2) is 14.2 Å². The van der Waals surface area contributed by atoms with Crippen LogP contribution in [0.3, 0.4) is 0 Å². The largest absolute Gasteiger partial charge is 0.422 e. The summed E-state index contributed by atoms with van der Waals surface area (Å²) in [5.41, 5.74) is 0.730. The number of carbonyl (C=O) groups excluding carboxylic acids is 1. The van der Waals surface area contributed by atoms with Gasteiger partial charge in [-0.3, -0.25) is 10.1 Å². The molecule has 0 spiro atoms. The van der Waals surface area contributed by atoms with Gasteiger partial charge in [0.25, 0.3) is 5.91 Å². The molecule has 0 atom stereocenters. The second kappa shape index (κ2) is 6.53. The Labute approximate surface area is 150 Å². The van der Waals surface area contributed by atoms with Crippen molar-refractivity contribution in [3.8, 4) is 11.3 Å². The van der Waals surface area contributed by atoms with Crippen molar-refractivity contribution >= 4 is 33.3 Å². The van der Waals surface area contributed by atoms with Crippen molar-refractivity contribution in [3.63, 3.8) is 0 Å². The van der Waals surface area contributed by atoms with Crippen molar-refractivity contribution < 1.29 is 13.6 Å². The number of halogens is 1. The van der Waals surface area contributed by atoms with Crippen LogP contribution in [-0.2, 0) is 0 Å². The molecule has 0 saturated heterocycles. The molecule has 4 aromatic rings. The molecule has 4 rings (SSSR count). The molecular formula is C19H11FN2O3S. The maximum absolute atomic E-state index is 13.3. The SMILES string of the molecule is O=C(Nc1nc(-c2cccc(F)c2)cs1)c1cc2ccccc2oc1=O. The molecule has 2 aromatic carbocycles. The van der Waals surface area contributed by atoms with Gasteiger partial charge in [0, 0.05) is 16.3 Å². The van der Waals surface area contributed by atoms with Crippen LogP contribution < -0.4 is 10.9 Å². The number of hydrogen-bond acceptors (Lipinski definition) is 5. The van der Waals surface area contributed by atoms with Crippen molar-refractivity contribution in [2.75, 3.05) is 5.32 Å². The molecule has 0 bridgehead atoms. The predicted molar refractivity (Wildman–Crippen MR) is 97.9 cm³/mol. The fraction of sp³-hybridized carbons (Fsp3) is 0. The first-order valence-corrected chi connectivity index (χ1v) is 8.54. The Hall–Kier alpha value is -3.32. The van der Waals surface area contributed by atoms with Crippen LogP contribution in [0.25, 0.3) is 22.2 Å². The summed E-state index contributed by atoms with van der Waals surface area (Å²) in [6.45, 7) is 0. The molecule has 2 heterocycles. The third-order valence-electron chi connectivity index (χ3n) is 3.73. The number of anilines is 1. The number of aromatic nitrogens is 1. The average molecular weight is 366 g/mol. The maximum Gasteiger partial charge on any atom is 0.349 e. The molecule has 1 amide bonds. The van der Waals surface area contributed by atoms with Gasteiger partial charge in [-0.1, -0.05) is 30.3 Å². The average Bonchev–Trinajstić information content (AvgIpc) is 3.09. The second-order valence-corrected chi connectivity index (χ2v) is 6.35. The van der Waals surface area contributed by atoms with Gasteiger partial charge in [0.2, 0.25) is 0 Å². The van der Waals surface area contributed by atoms with E-state index in [9.17, 15) is 14.0 Å². The highest BCUT2D eigenvalue weighted by Crippen LogP contribution is 2.25. The van der Waals surface area contributed by atoms with Gasteiger partial charge in [0.15, 0.2) is 5.13 Å². The Balaban J connectivity index is 1.61. The summed E-state index contributed by atoms with van der Waals surface area (Å²) in [4.78, 5) is 28.7. The number of fused-ring (bicyclic) bond motifs is 1. The fourth-order valence-corrected chi connectivity index (χ4v) is 3.21. The van der Waals surface area contributed by atoms with Crippen LogP contribution in [0.15, 0.2) is 69.2 Å². The quantitative estimate of drug-likeness (QED) is 0.549. The number of amides is 1. The molecule has 0 aliphatic rings. The molecule has 0 unspecified atom stereocenters. The summed E-state index contributed by atoms with van der Waals surface area (Å²) in [5, 5.41) is 5.24.